The van der Waals surface area contributed by atoms with Crippen molar-refractivity contribution < 1.29 is 4.74 Å². The Morgan fingerprint density at radius 3 is 2.76 bits per heavy atom. The lowest BCUT2D eigenvalue weighted by atomic mass is 10.1. The second-order valence-electron chi connectivity index (χ2n) is 4.52. The molecule has 0 fully saturated rings. The third-order valence-electron chi connectivity index (χ3n) is 2.92. The molecule has 0 saturated heterocycles. The first kappa shape index (κ1) is 17.6. The van der Waals surface area contributed by atoms with Crippen molar-refractivity contribution >= 4 is 40.7 Å². The van der Waals surface area contributed by atoms with Gasteiger partial charge in [0, 0.05) is 11.9 Å². The van der Waals surface area contributed by atoms with E-state index in [-0.39, 0.29) is 24.0 Å². The van der Waals surface area contributed by atoms with Crippen molar-refractivity contribution in [2.24, 2.45) is 10.7 Å². The van der Waals surface area contributed by atoms with Crippen LogP contribution in [0.25, 0.3) is 10.8 Å². The summed E-state index contributed by atoms with van der Waals surface area (Å²) in [5.74, 6) is 1.38. The molecule has 2 aromatic carbocycles. The summed E-state index contributed by atoms with van der Waals surface area (Å²) in [5, 5.41) is 5.35. The van der Waals surface area contributed by atoms with Gasteiger partial charge in [-0.3, -0.25) is 4.99 Å². The van der Waals surface area contributed by atoms with E-state index in [0.29, 0.717) is 19.1 Å². The van der Waals surface area contributed by atoms with E-state index in [9.17, 15) is 0 Å². The van der Waals surface area contributed by atoms with E-state index < -0.39 is 0 Å². The Balaban J connectivity index is 0.00000220. The summed E-state index contributed by atoms with van der Waals surface area (Å²) in [5.41, 5.74) is 5.71. The van der Waals surface area contributed by atoms with Crippen molar-refractivity contribution in [2.75, 3.05) is 19.7 Å². The molecule has 0 spiro atoms. The number of hydrogen-bond donors (Lipinski definition) is 2. The highest BCUT2D eigenvalue weighted by Crippen LogP contribution is 2.24. The monoisotopic (exact) mass is 399 g/mol. The molecule has 114 valence electrons. The number of benzene rings is 2. The lowest BCUT2D eigenvalue weighted by molar-refractivity contribution is 0.326. The van der Waals surface area contributed by atoms with Crippen molar-refractivity contribution in [3.05, 3.63) is 42.5 Å². The Labute approximate surface area is 142 Å². The summed E-state index contributed by atoms with van der Waals surface area (Å²) in [4.78, 5) is 4.16. The van der Waals surface area contributed by atoms with Crippen molar-refractivity contribution in [3.63, 3.8) is 0 Å². The van der Waals surface area contributed by atoms with Gasteiger partial charge in [-0.15, -0.1) is 24.0 Å². The summed E-state index contributed by atoms with van der Waals surface area (Å²) in [6.45, 7) is 4.02. The third-order valence-corrected chi connectivity index (χ3v) is 2.92. The van der Waals surface area contributed by atoms with Gasteiger partial charge in [0.15, 0.2) is 5.96 Å². The Morgan fingerprint density at radius 1 is 1.19 bits per heavy atom. The number of halogens is 1. The average molecular weight is 399 g/mol. The van der Waals surface area contributed by atoms with Gasteiger partial charge in [0.1, 0.15) is 12.4 Å². The minimum Gasteiger partial charge on any atom is -0.491 e. The highest BCUT2D eigenvalue weighted by atomic mass is 127. The van der Waals surface area contributed by atoms with Crippen molar-refractivity contribution in [1.82, 2.24) is 5.32 Å². The van der Waals surface area contributed by atoms with Gasteiger partial charge >= 0.3 is 0 Å². The van der Waals surface area contributed by atoms with E-state index in [2.05, 4.69) is 35.4 Å². The van der Waals surface area contributed by atoms with E-state index in [1.54, 1.807) is 0 Å². The van der Waals surface area contributed by atoms with E-state index in [1.165, 1.54) is 5.39 Å². The van der Waals surface area contributed by atoms with E-state index in [4.69, 9.17) is 10.5 Å². The minimum atomic E-state index is 0. The maximum absolute atomic E-state index is 5.80. The minimum absolute atomic E-state index is 0. The molecule has 2 aromatic rings. The van der Waals surface area contributed by atoms with Crippen LogP contribution in [-0.4, -0.2) is 25.7 Å². The number of fused-ring (bicyclic) bond motifs is 1. The van der Waals surface area contributed by atoms with Crippen LogP contribution < -0.4 is 15.8 Å². The normalized spacial score (nSPS) is 11.0. The third kappa shape index (κ3) is 5.41. The Hall–Kier alpha value is -1.50. The molecule has 0 aliphatic rings. The zero-order valence-electron chi connectivity index (χ0n) is 12.2. The van der Waals surface area contributed by atoms with E-state index >= 15 is 0 Å². The molecule has 0 aromatic heterocycles. The predicted octanol–water partition coefficient (Wildman–Crippen LogP) is 3.15. The van der Waals surface area contributed by atoms with Crippen LogP contribution in [-0.2, 0) is 0 Å². The first-order chi connectivity index (χ1) is 9.81. The average Bonchev–Trinajstić information content (AvgIpc) is 2.49. The molecule has 0 aliphatic carbocycles. The molecule has 0 atom stereocenters. The summed E-state index contributed by atoms with van der Waals surface area (Å²) in [6, 6.07) is 14.3. The molecule has 0 unspecified atom stereocenters. The molecule has 5 heteroatoms. The van der Waals surface area contributed by atoms with Gasteiger partial charge in [0.25, 0.3) is 0 Å². The first-order valence-electron chi connectivity index (χ1n) is 6.95. The lowest BCUT2D eigenvalue weighted by Gasteiger charge is -2.10. The van der Waals surface area contributed by atoms with Gasteiger partial charge in [0.05, 0.1) is 6.54 Å². The highest BCUT2D eigenvalue weighted by molar-refractivity contribution is 14.0. The molecule has 21 heavy (non-hydrogen) atoms. The fourth-order valence-electron chi connectivity index (χ4n) is 1.95. The van der Waals surface area contributed by atoms with Crippen molar-refractivity contribution in [3.8, 4) is 5.75 Å². The number of hydrogen-bond acceptors (Lipinski definition) is 2. The molecule has 0 amide bonds. The quantitative estimate of drug-likeness (QED) is 0.340. The SMILES string of the molecule is CCCN=C(N)NCCOc1cccc2ccccc12.I. The van der Waals surface area contributed by atoms with Gasteiger partial charge in [-0.1, -0.05) is 43.3 Å². The van der Waals surface area contributed by atoms with Gasteiger partial charge in [-0.05, 0) is 17.9 Å². The Bertz CT molecular complexity index is 581. The highest BCUT2D eigenvalue weighted by Gasteiger charge is 2.00. The Morgan fingerprint density at radius 2 is 1.95 bits per heavy atom. The lowest BCUT2D eigenvalue weighted by Crippen LogP contribution is -2.34. The number of guanidine groups is 1. The van der Waals surface area contributed by atoms with Crippen LogP contribution in [0.3, 0.4) is 0 Å². The van der Waals surface area contributed by atoms with Crippen molar-refractivity contribution in [1.29, 1.82) is 0 Å². The molecule has 0 radical (unpaired) electrons. The summed E-state index contributed by atoms with van der Waals surface area (Å²) < 4.78 is 5.80. The Kier molecular flexibility index (Phi) is 7.89. The molecule has 0 bridgehead atoms. The van der Waals surface area contributed by atoms with Crippen molar-refractivity contribution in [2.45, 2.75) is 13.3 Å². The molecule has 0 saturated carbocycles. The maximum Gasteiger partial charge on any atom is 0.188 e. The van der Waals surface area contributed by atoms with Gasteiger partial charge < -0.3 is 15.8 Å². The van der Waals surface area contributed by atoms with Crippen LogP contribution in [0.5, 0.6) is 5.75 Å². The second kappa shape index (κ2) is 9.44. The van der Waals surface area contributed by atoms with Crippen LogP contribution in [0.15, 0.2) is 47.5 Å². The summed E-state index contributed by atoms with van der Waals surface area (Å²) >= 11 is 0. The van der Waals surface area contributed by atoms with Crippen LogP contribution in [0, 0.1) is 0 Å². The van der Waals surface area contributed by atoms with Gasteiger partial charge in [-0.25, -0.2) is 0 Å². The molecule has 4 nitrogen and oxygen atoms in total. The van der Waals surface area contributed by atoms with Gasteiger partial charge in [-0.2, -0.15) is 0 Å². The summed E-state index contributed by atoms with van der Waals surface area (Å²) in [7, 11) is 0. The van der Waals surface area contributed by atoms with E-state index in [0.717, 1.165) is 24.1 Å². The molecule has 0 heterocycles. The number of ether oxygens (including phenoxy) is 1. The number of aliphatic imine (C=N–C) groups is 1. The number of nitrogens with one attached hydrogen (secondary N) is 1. The first-order valence-corrected chi connectivity index (χ1v) is 6.95. The predicted molar refractivity (Wildman–Crippen MR) is 99.6 cm³/mol. The topological polar surface area (TPSA) is 59.6 Å². The molecular formula is C16H22IN3O. The van der Waals surface area contributed by atoms with Crippen LogP contribution in [0.4, 0.5) is 0 Å². The zero-order chi connectivity index (χ0) is 14.2. The van der Waals surface area contributed by atoms with Gasteiger partial charge in [0.2, 0.25) is 0 Å². The second-order valence-corrected chi connectivity index (χ2v) is 4.52. The summed E-state index contributed by atoms with van der Waals surface area (Å²) in [6.07, 6.45) is 0.995. The molecule has 3 N–H and O–H groups in total. The fraction of sp³-hybridized carbons (Fsp3) is 0.312. The van der Waals surface area contributed by atoms with E-state index in [1.807, 2.05) is 24.3 Å². The number of rotatable bonds is 6. The molecule has 2 rings (SSSR count). The van der Waals surface area contributed by atoms with Crippen LogP contribution in [0.1, 0.15) is 13.3 Å². The zero-order valence-corrected chi connectivity index (χ0v) is 14.5. The molecular weight excluding hydrogens is 377 g/mol. The van der Waals surface area contributed by atoms with Crippen LogP contribution >= 0.6 is 24.0 Å². The largest absolute Gasteiger partial charge is 0.491 e. The number of nitrogens with two attached hydrogens (primary N) is 1. The maximum atomic E-state index is 5.80. The smallest absolute Gasteiger partial charge is 0.188 e. The van der Waals surface area contributed by atoms with Crippen LogP contribution in [0.2, 0.25) is 0 Å². The number of nitrogens with zero attached hydrogens (tertiary/aromatic N) is 1. The standard InChI is InChI=1S/C16H21N3O.HI/c1-2-10-18-16(17)19-11-12-20-15-9-5-7-13-6-3-4-8-14(13)15;/h3-9H,2,10-12H2,1H3,(H3,17,18,19);1H. The molecule has 0 aliphatic heterocycles. The fourth-order valence-corrected chi connectivity index (χ4v) is 1.95.